The Bertz CT molecular complexity index is 1750. The van der Waals surface area contributed by atoms with E-state index in [1.54, 1.807) is 4.90 Å². The summed E-state index contributed by atoms with van der Waals surface area (Å²) in [6.07, 6.45) is 4.04. The predicted octanol–water partition coefficient (Wildman–Crippen LogP) is 7.70. The van der Waals surface area contributed by atoms with E-state index in [0.29, 0.717) is 12.2 Å². The lowest BCUT2D eigenvalue weighted by Gasteiger charge is -2.38. The summed E-state index contributed by atoms with van der Waals surface area (Å²) in [5.74, 6) is -0.328. The summed E-state index contributed by atoms with van der Waals surface area (Å²) >= 11 is 0. The number of hydrogen-bond acceptors (Lipinski definition) is 4. The van der Waals surface area contributed by atoms with Crippen LogP contribution in [-0.4, -0.2) is 39.9 Å². The molecule has 1 fully saturated rings. The molecule has 4 aromatic rings. The number of carboxylic acids is 1. The standard InChI is InChI=1S/C41H44N2O5/c1-41(2,3)33-18-21-34(22-19-33)48-35-20-17-31-25-37(43(26-32(31)24-35)39(45)30-11-7-8-12-30)38(44)42-36(40(46)47)23-27-13-15-29(16-14-27)28-9-5-4-6-10-28/h4-6,9-10,13-22,24,30,36-37H,7-8,11-12,23,25-26H2,1-3H3,(H,42,44)(H,46,47)/t36-,37-/m0/s1. The van der Waals surface area contributed by atoms with Crippen molar-refractivity contribution < 1.29 is 24.2 Å². The van der Waals surface area contributed by atoms with E-state index in [1.165, 1.54) is 5.56 Å². The van der Waals surface area contributed by atoms with Crippen LogP contribution in [0.5, 0.6) is 11.5 Å². The van der Waals surface area contributed by atoms with Gasteiger partial charge in [-0.15, -0.1) is 0 Å². The van der Waals surface area contributed by atoms with Gasteiger partial charge in [-0.25, -0.2) is 4.79 Å². The second-order valence-electron chi connectivity index (χ2n) is 14.1. The molecular formula is C41H44N2O5. The van der Waals surface area contributed by atoms with Crippen LogP contribution in [0, 0.1) is 5.92 Å². The highest BCUT2D eigenvalue weighted by molar-refractivity contribution is 5.92. The maximum atomic E-state index is 13.9. The van der Waals surface area contributed by atoms with Gasteiger partial charge in [-0.05, 0) is 75.9 Å². The number of benzene rings is 4. The lowest BCUT2D eigenvalue weighted by atomic mass is 9.87. The predicted molar refractivity (Wildman–Crippen MR) is 187 cm³/mol. The molecule has 1 aliphatic heterocycles. The number of ether oxygens (including phenoxy) is 1. The quantitative estimate of drug-likeness (QED) is 0.195. The number of nitrogens with one attached hydrogen (secondary N) is 1. The Kier molecular flexibility index (Phi) is 9.67. The van der Waals surface area contributed by atoms with Gasteiger partial charge in [0.1, 0.15) is 23.6 Å². The smallest absolute Gasteiger partial charge is 0.326 e. The number of carbonyl (C=O) groups excluding carboxylic acids is 2. The number of amides is 2. The van der Waals surface area contributed by atoms with Crippen LogP contribution in [-0.2, 0) is 39.2 Å². The Labute approximate surface area is 282 Å². The maximum absolute atomic E-state index is 13.9. The van der Waals surface area contributed by atoms with Crippen LogP contribution < -0.4 is 10.1 Å². The summed E-state index contributed by atoms with van der Waals surface area (Å²) in [6.45, 7) is 6.78. The molecular weight excluding hydrogens is 600 g/mol. The first-order valence-electron chi connectivity index (χ1n) is 16.9. The Morgan fingerprint density at radius 1 is 0.833 bits per heavy atom. The molecule has 7 nitrogen and oxygen atoms in total. The zero-order valence-corrected chi connectivity index (χ0v) is 27.9. The molecule has 248 valence electrons. The minimum Gasteiger partial charge on any atom is -0.480 e. The molecule has 2 N–H and O–H groups in total. The normalized spacial score (nSPS) is 17.0. The first-order chi connectivity index (χ1) is 23.0. The highest BCUT2D eigenvalue weighted by Gasteiger charge is 2.39. The summed E-state index contributed by atoms with van der Waals surface area (Å²) in [7, 11) is 0. The minimum absolute atomic E-state index is 0.0363. The van der Waals surface area contributed by atoms with Crippen LogP contribution in [0.1, 0.15) is 68.7 Å². The molecule has 0 aromatic heterocycles. The fourth-order valence-electron chi connectivity index (χ4n) is 6.82. The van der Waals surface area contributed by atoms with E-state index in [4.69, 9.17) is 4.74 Å². The van der Waals surface area contributed by atoms with Gasteiger partial charge in [0.15, 0.2) is 0 Å². The zero-order valence-electron chi connectivity index (χ0n) is 27.9. The molecule has 6 rings (SSSR count). The van der Waals surface area contributed by atoms with Gasteiger partial charge in [0.25, 0.3) is 0 Å². The van der Waals surface area contributed by atoms with Gasteiger partial charge in [-0.1, -0.05) is 106 Å². The van der Waals surface area contributed by atoms with E-state index < -0.39 is 24.0 Å². The van der Waals surface area contributed by atoms with Crippen molar-refractivity contribution >= 4 is 17.8 Å². The van der Waals surface area contributed by atoms with Gasteiger partial charge in [-0.3, -0.25) is 9.59 Å². The van der Waals surface area contributed by atoms with Gasteiger partial charge in [0, 0.05) is 25.3 Å². The number of carbonyl (C=O) groups is 3. The van der Waals surface area contributed by atoms with E-state index in [-0.39, 0.29) is 30.2 Å². The lowest BCUT2D eigenvalue weighted by molar-refractivity contribution is -0.147. The van der Waals surface area contributed by atoms with Crippen molar-refractivity contribution in [1.29, 1.82) is 0 Å². The fraction of sp³-hybridized carbons (Fsp3) is 0.341. The number of aliphatic carboxylic acids is 1. The molecule has 2 atom stereocenters. The average molecular weight is 645 g/mol. The second-order valence-corrected chi connectivity index (χ2v) is 14.1. The molecule has 1 aliphatic carbocycles. The first-order valence-corrected chi connectivity index (χ1v) is 16.9. The second kappa shape index (κ2) is 14.1. The zero-order chi connectivity index (χ0) is 33.8. The lowest BCUT2D eigenvalue weighted by Crippen LogP contribution is -2.56. The summed E-state index contributed by atoms with van der Waals surface area (Å²) in [5, 5.41) is 12.9. The molecule has 1 saturated carbocycles. The van der Waals surface area contributed by atoms with Crippen molar-refractivity contribution in [2.45, 2.75) is 83.3 Å². The number of hydrogen-bond donors (Lipinski definition) is 2. The molecule has 0 unspecified atom stereocenters. The molecule has 0 radical (unpaired) electrons. The summed E-state index contributed by atoms with van der Waals surface area (Å²) in [5.41, 5.74) is 6.05. The van der Waals surface area contributed by atoms with Gasteiger partial charge in [0.2, 0.25) is 11.8 Å². The fourth-order valence-corrected chi connectivity index (χ4v) is 6.82. The van der Waals surface area contributed by atoms with E-state index >= 15 is 0 Å². The van der Waals surface area contributed by atoms with Gasteiger partial charge in [-0.2, -0.15) is 0 Å². The topological polar surface area (TPSA) is 95.9 Å². The van der Waals surface area contributed by atoms with Gasteiger partial charge in [0.05, 0.1) is 0 Å². The van der Waals surface area contributed by atoms with Crippen molar-refractivity contribution in [3.8, 4) is 22.6 Å². The summed E-state index contributed by atoms with van der Waals surface area (Å²) in [4.78, 5) is 41.8. The third-order valence-electron chi connectivity index (χ3n) is 9.67. The van der Waals surface area contributed by atoms with Crippen LogP contribution in [0.4, 0.5) is 0 Å². The van der Waals surface area contributed by atoms with E-state index in [9.17, 15) is 19.5 Å². The number of fused-ring (bicyclic) bond motifs is 1. The van der Waals surface area contributed by atoms with Gasteiger partial charge >= 0.3 is 5.97 Å². The number of rotatable bonds is 9. The van der Waals surface area contributed by atoms with Crippen molar-refractivity contribution in [2.24, 2.45) is 5.92 Å². The van der Waals surface area contributed by atoms with Crippen LogP contribution >= 0.6 is 0 Å². The molecule has 0 saturated heterocycles. The molecule has 0 spiro atoms. The largest absolute Gasteiger partial charge is 0.480 e. The monoisotopic (exact) mass is 644 g/mol. The van der Waals surface area contributed by atoms with Gasteiger partial charge < -0.3 is 20.1 Å². The Balaban J connectivity index is 1.19. The average Bonchev–Trinajstić information content (AvgIpc) is 3.63. The molecule has 7 heteroatoms. The number of nitrogens with zero attached hydrogens (tertiary/aromatic N) is 1. The molecule has 0 bridgehead atoms. The van der Waals surface area contributed by atoms with E-state index in [2.05, 4.69) is 38.2 Å². The Hall–Kier alpha value is -4.91. The van der Waals surface area contributed by atoms with Crippen LogP contribution in [0.3, 0.4) is 0 Å². The molecule has 1 heterocycles. The summed E-state index contributed by atoms with van der Waals surface area (Å²) in [6, 6.07) is 29.6. The number of carboxylic acid groups (broad SMARTS) is 1. The molecule has 4 aromatic carbocycles. The van der Waals surface area contributed by atoms with E-state index in [1.807, 2.05) is 84.9 Å². The third-order valence-corrected chi connectivity index (χ3v) is 9.67. The van der Waals surface area contributed by atoms with Crippen LogP contribution in [0.15, 0.2) is 97.1 Å². The molecule has 48 heavy (non-hydrogen) atoms. The minimum atomic E-state index is -1.13. The van der Waals surface area contributed by atoms with Crippen molar-refractivity contribution in [2.75, 3.05) is 0 Å². The van der Waals surface area contributed by atoms with Crippen molar-refractivity contribution in [3.05, 3.63) is 119 Å². The Morgan fingerprint density at radius 3 is 2.12 bits per heavy atom. The van der Waals surface area contributed by atoms with E-state index in [0.717, 1.165) is 59.3 Å². The van der Waals surface area contributed by atoms with Crippen molar-refractivity contribution in [1.82, 2.24) is 10.2 Å². The highest BCUT2D eigenvalue weighted by Crippen LogP contribution is 2.34. The SMILES string of the molecule is CC(C)(C)c1ccc(Oc2ccc3c(c2)CN(C(=O)C2CCCC2)[C@H](C(=O)N[C@@H](Cc2ccc(-c4ccccc4)cc2)C(=O)O)C3)cc1. The summed E-state index contributed by atoms with van der Waals surface area (Å²) < 4.78 is 6.20. The van der Waals surface area contributed by atoms with Crippen molar-refractivity contribution in [3.63, 3.8) is 0 Å². The Morgan fingerprint density at radius 2 is 1.48 bits per heavy atom. The van der Waals surface area contributed by atoms with Crippen LogP contribution in [0.2, 0.25) is 0 Å². The highest BCUT2D eigenvalue weighted by atomic mass is 16.5. The molecule has 2 aliphatic rings. The molecule has 2 amide bonds. The third kappa shape index (κ3) is 7.62. The van der Waals surface area contributed by atoms with Crippen LogP contribution in [0.25, 0.3) is 11.1 Å². The first kappa shape index (κ1) is 33.0. The maximum Gasteiger partial charge on any atom is 0.326 e.